The van der Waals surface area contributed by atoms with Crippen LogP contribution in [-0.4, -0.2) is 13.1 Å². The summed E-state index contributed by atoms with van der Waals surface area (Å²) in [4.78, 5) is 11.7. The number of hydrogen-bond acceptors (Lipinski definition) is 2. The number of carbonyl (C=O) groups is 1. The van der Waals surface area contributed by atoms with E-state index < -0.39 is 0 Å². The molecule has 1 rings (SSSR count). The van der Waals surface area contributed by atoms with Gasteiger partial charge in [-0.1, -0.05) is 47.6 Å². The van der Waals surface area contributed by atoms with Gasteiger partial charge in [-0.25, -0.2) is 4.79 Å². The van der Waals surface area contributed by atoms with Gasteiger partial charge < -0.3 is 4.74 Å². The van der Waals surface area contributed by atoms with Gasteiger partial charge in [0.1, 0.15) is 0 Å². The van der Waals surface area contributed by atoms with Gasteiger partial charge in [0.25, 0.3) is 0 Å². The molecule has 1 aromatic carbocycles. The van der Waals surface area contributed by atoms with Gasteiger partial charge in [0.2, 0.25) is 0 Å². The fourth-order valence-electron chi connectivity index (χ4n) is 1.73. The average Bonchev–Trinajstić information content (AvgIpc) is 2.25. The van der Waals surface area contributed by atoms with Gasteiger partial charge in [-0.2, -0.15) is 0 Å². The number of hydrogen-bond donors (Lipinski definition) is 0. The molecule has 18 heavy (non-hydrogen) atoms. The van der Waals surface area contributed by atoms with Crippen LogP contribution in [0.4, 0.5) is 0 Å². The van der Waals surface area contributed by atoms with E-state index in [0.29, 0.717) is 5.56 Å². The second-order valence-corrected chi connectivity index (χ2v) is 6.79. The van der Waals surface area contributed by atoms with Gasteiger partial charge in [-0.15, -0.1) is 0 Å². The fourth-order valence-corrected chi connectivity index (χ4v) is 1.73. The van der Waals surface area contributed by atoms with Gasteiger partial charge in [0, 0.05) is 0 Å². The van der Waals surface area contributed by atoms with Crippen molar-refractivity contribution in [3.8, 4) is 0 Å². The van der Waals surface area contributed by atoms with Gasteiger partial charge in [0.05, 0.1) is 12.7 Å². The molecule has 1 aromatic rings. The molecule has 2 heteroatoms. The first-order chi connectivity index (χ1) is 8.05. The van der Waals surface area contributed by atoms with Crippen LogP contribution in [0.25, 0.3) is 0 Å². The first-order valence-electron chi connectivity index (χ1n) is 6.30. The zero-order valence-electron chi connectivity index (χ0n) is 12.5. The third kappa shape index (κ3) is 3.34. The first-order valence-corrected chi connectivity index (χ1v) is 6.30. The molecule has 0 aromatic heterocycles. The fraction of sp³-hybridized carbons (Fsp3) is 0.562. The Hall–Kier alpha value is -1.31. The van der Waals surface area contributed by atoms with Crippen molar-refractivity contribution >= 4 is 5.97 Å². The van der Waals surface area contributed by atoms with Crippen LogP contribution in [0.2, 0.25) is 0 Å². The molecule has 0 fully saturated rings. The maximum absolute atomic E-state index is 11.7. The van der Waals surface area contributed by atoms with E-state index in [0.717, 1.165) is 11.1 Å². The minimum Gasteiger partial charge on any atom is -0.465 e. The summed E-state index contributed by atoms with van der Waals surface area (Å²) in [6.45, 7) is 12.9. The molecule has 0 aliphatic carbocycles. The lowest BCUT2D eigenvalue weighted by Gasteiger charge is -2.25. The minimum absolute atomic E-state index is 0.0179. The number of esters is 1. The van der Waals surface area contributed by atoms with Crippen LogP contribution in [-0.2, 0) is 15.6 Å². The lowest BCUT2D eigenvalue weighted by atomic mass is 9.79. The summed E-state index contributed by atoms with van der Waals surface area (Å²) in [5.41, 5.74) is 2.99. The monoisotopic (exact) mass is 248 g/mol. The summed E-state index contributed by atoms with van der Waals surface area (Å²) in [6.07, 6.45) is 0. The summed E-state index contributed by atoms with van der Waals surface area (Å²) in [5.74, 6) is -0.272. The zero-order chi connectivity index (χ0) is 14.1. The van der Waals surface area contributed by atoms with Gasteiger partial charge in [0.15, 0.2) is 0 Å². The average molecular weight is 248 g/mol. The molecule has 0 radical (unpaired) electrons. The Kier molecular flexibility index (Phi) is 3.89. The number of carbonyl (C=O) groups excluding carboxylic acids is 1. The summed E-state index contributed by atoms with van der Waals surface area (Å²) in [7, 11) is 1.42. The molecule has 0 aliphatic heterocycles. The van der Waals surface area contributed by atoms with E-state index in [4.69, 9.17) is 4.74 Å². The second-order valence-electron chi connectivity index (χ2n) is 6.79. The molecule has 0 aliphatic rings. The van der Waals surface area contributed by atoms with Crippen molar-refractivity contribution in [3.63, 3.8) is 0 Å². The molecular formula is C16H24O2. The van der Waals surface area contributed by atoms with Gasteiger partial charge in [-0.05, 0) is 34.1 Å². The maximum atomic E-state index is 11.7. The van der Waals surface area contributed by atoms with Crippen molar-refractivity contribution in [2.24, 2.45) is 0 Å². The van der Waals surface area contributed by atoms with Crippen LogP contribution < -0.4 is 0 Å². The zero-order valence-corrected chi connectivity index (χ0v) is 12.5. The molecule has 0 unspecified atom stereocenters. The molecule has 0 atom stereocenters. The van der Waals surface area contributed by atoms with Gasteiger partial charge >= 0.3 is 5.97 Å². The molecule has 2 nitrogen and oxygen atoms in total. The number of methoxy groups -OCH3 is 1. The van der Waals surface area contributed by atoms with Gasteiger partial charge in [-0.3, -0.25) is 0 Å². The summed E-state index contributed by atoms with van der Waals surface area (Å²) in [6, 6.07) is 6.05. The van der Waals surface area contributed by atoms with Crippen molar-refractivity contribution in [1.29, 1.82) is 0 Å². The lowest BCUT2D eigenvalue weighted by Crippen LogP contribution is -2.18. The van der Waals surface area contributed by atoms with Crippen molar-refractivity contribution in [2.45, 2.75) is 52.4 Å². The molecule has 0 spiro atoms. The topological polar surface area (TPSA) is 26.3 Å². The van der Waals surface area contributed by atoms with Crippen LogP contribution in [0.5, 0.6) is 0 Å². The highest BCUT2D eigenvalue weighted by atomic mass is 16.5. The SMILES string of the molecule is COC(=O)c1cc(C(C)(C)C)cc(C(C)(C)C)c1. The highest BCUT2D eigenvalue weighted by Gasteiger charge is 2.22. The Morgan fingerprint density at radius 2 is 1.28 bits per heavy atom. The number of benzene rings is 1. The Morgan fingerprint density at radius 1 is 0.889 bits per heavy atom. The van der Waals surface area contributed by atoms with Crippen molar-refractivity contribution in [1.82, 2.24) is 0 Å². The maximum Gasteiger partial charge on any atom is 0.337 e. The Balaban J connectivity index is 3.44. The van der Waals surface area contributed by atoms with Crippen LogP contribution in [0, 0.1) is 0 Å². The van der Waals surface area contributed by atoms with E-state index in [-0.39, 0.29) is 16.8 Å². The van der Waals surface area contributed by atoms with E-state index in [1.807, 2.05) is 12.1 Å². The summed E-state index contributed by atoms with van der Waals surface area (Å²) < 4.78 is 4.83. The molecule has 0 saturated carbocycles. The van der Waals surface area contributed by atoms with Crippen LogP contribution >= 0.6 is 0 Å². The Morgan fingerprint density at radius 3 is 1.56 bits per heavy atom. The number of rotatable bonds is 1. The lowest BCUT2D eigenvalue weighted by molar-refractivity contribution is 0.0600. The normalized spacial score (nSPS) is 12.4. The predicted molar refractivity (Wildman–Crippen MR) is 75.2 cm³/mol. The van der Waals surface area contributed by atoms with Crippen molar-refractivity contribution in [2.75, 3.05) is 7.11 Å². The third-order valence-electron chi connectivity index (χ3n) is 3.09. The first kappa shape index (κ1) is 14.7. The second kappa shape index (κ2) is 4.75. The largest absolute Gasteiger partial charge is 0.465 e. The summed E-state index contributed by atoms with van der Waals surface area (Å²) in [5, 5.41) is 0. The molecule has 0 N–H and O–H groups in total. The highest BCUT2D eigenvalue weighted by molar-refractivity contribution is 5.90. The van der Waals surface area contributed by atoms with E-state index in [1.54, 1.807) is 0 Å². The molecule has 0 saturated heterocycles. The van der Waals surface area contributed by atoms with Crippen molar-refractivity contribution < 1.29 is 9.53 Å². The smallest absolute Gasteiger partial charge is 0.337 e. The number of ether oxygens (including phenoxy) is 1. The molecular weight excluding hydrogens is 224 g/mol. The third-order valence-corrected chi connectivity index (χ3v) is 3.09. The van der Waals surface area contributed by atoms with Crippen molar-refractivity contribution in [3.05, 3.63) is 34.9 Å². The van der Waals surface area contributed by atoms with Crippen LogP contribution in [0.3, 0.4) is 0 Å². The molecule has 0 bridgehead atoms. The van der Waals surface area contributed by atoms with E-state index in [9.17, 15) is 4.79 Å². The Labute approximate surface area is 110 Å². The van der Waals surface area contributed by atoms with Crippen LogP contribution in [0.1, 0.15) is 63.0 Å². The molecule has 100 valence electrons. The minimum atomic E-state index is -0.272. The summed E-state index contributed by atoms with van der Waals surface area (Å²) >= 11 is 0. The van der Waals surface area contributed by atoms with Crippen LogP contribution in [0.15, 0.2) is 18.2 Å². The Bertz CT molecular complexity index is 413. The highest BCUT2D eigenvalue weighted by Crippen LogP contribution is 2.30. The van der Waals surface area contributed by atoms with E-state index >= 15 is 0 Å². The molecule has 0 heterocycles. The standard InChI is InChI=1S/C16H24O2/c1-15(2,3)12-8-11(14(17)18-7)9-13(10-12)16(4,5)6/h8-10H,1-7H3. The van der Waals surface area contributed by atoms with E-state index in [2.05, 4.69) is 47.6 Å². The predicted octanol–water partition coefficient (Wildman–Crippen LogP) is 4.07. The molecule has 0 amide bonds. The van der Waals surface area contributed by atoms with E-state index in [1.165, 1.54) is 7.11 Å². The quantitative estimate of drug-likeness (QED) is 0.700.